The zero-order chi connectivity index (χ0) is 14.0. The van der Waals surface area contributed by atoms with Gasteiger partial charge in [-0.15, -0.1) is 0 Å². The number of carbonyl (C=O) groups excluding carboxylic acids is 1. The van der Waals surface area contributed by atoms with Crippen LogP contribution in [0.15, 0.2) is 36.1 Å². The number of cyclic esters (lactones) is 1. The number of para-hydroxylation sites is 1. The van der Waals surface area contributed by atoms with Crippen molar-refractivity contribution < 1.29 is 18.7 Å². The van der Waals surface area contributed by atoms with Crippen LogP contribution in [-0.4, -0.2) is 20.6 Å². The van der Waals surface area contributed by atoms with Crippen LogP contribution in [0.25, 0.3) is 0 Å². The maximum absolute atomic E-state index is 11.4. The Morgan fingerprint density at radius 3 is 2.58 bits per heavy atom. The van der Waals surface area contributed by atoms with Gasteiger partial charge in [-0.1, -0.05) is 12.1 Å². The van der Waals surface area contributed by atoms with Crippen LogP contribution in [0.4, 0.5) is 0 Å². The highest BCUT2D eigenvalue weighted by Crippen LogP contribution is 2.27. The molecule has 0 radical (unpaired) electrons. The topological polar surface area (TPSA) is 44.8 Å². The van der Waals surface area contributed by atoms with E-state index in [0.717, 1.165) is 3.57 Å². The van der Waals surface area contributed by atoms with Crippen LogP contribution in [0, 0.1) is 3.57 Å². The Morgan fingerprint density at radius 1 is 1.26 bits per heavy atom. The van der Waals surface area contributed by atoms with Gasteiger partial charge < -0.3 is 13.9 Å². The zero-order valence-corrected chi connectivity index (χ0v) is 14.1. The van der Waals surface area contributed by atoms with Crippen LogP contribution in [0.1, 0.15) is 0 Å². The molecule has 1 heterocycles. The normalized spacial score (nSPS) is 18.8. The Kier molecular flexibility index (Phi) is 4.19. The van der Waals surface area contributed by atoms with Gasteiger partial charge in [-0.05, 0) is 54.4 Å². The minimum absolute atomic E-state index is 0.427. The molecule has 1 unspecified atom stereocenters. The summed E-state index contributed by atoms with van der Waals surface area (Å²) in [6, 6.07) is 7.55. The lowest BCUT2D eigenvalue weighted by atomic mass is 10.3. The summed E-state index contributed by atoms with van der Waals surface area (Å²) in [5.41, 5.74) is 0. The lowest BCUT2D eigenvalue weighted by Gasteiger charge is -2.24. The predicted octanol–water partition coefficient (Wildman–Crippen LogP) is 3.29. The number of carbonyl (C=O) groups is 1. The van der Waals surface area contributed by atoms with E-state index in [-0.39, 0.29) is 0 Å². The van der Waals surface area contributed by atoms with Crippen molar-refractivity contribution in [3.05, 3.63) is 39.7 Å². The van der Waals surface area contributed by atoms with E-state index in [1.807, 2.05) is 43.9 Å². The Bertz CT molecular complexity index is 522. The third-order valence-corrected chi connectivity index (χ3v) is 3.95. The van der Waals surface area contributed by atoms with Crippen molar-refractivity contribution in [3.63, 3.8) is 0 Å². The number of hydrogen-bond donors (Lipinski definition) is 0. The largest absolute Gasteiger partial charge is 0.542 e. The molecule has 0 fully saturated rings. The van der Waals surface area contributed by atoms with Crippen molar-refractivity contribution in [2.75, 3.05) is 0 Å². The number of hydrogen-bond acceptors (Lipinski definition) is 4. The summed E-state index contributed by atoms with van der Waals surface area (Å²) >= 11 is 2.17. The first kappa shape index (κ1) is 14.4. The molecule has 0 saturated heterocycles. The van der Waals surface area contributed by atoms with Crippen LogP contribution in [0.3, 0.4) is 0 Å². The molecule has 0 aliphatic carbocycles. The fraction of sp³-hybridized carbons (Fsp3) is 0.308. The lowest BCUT2D eigenvalue weighted by Crippen LogP contribution is -2.30. The fourth-order valence-electron chi connectivity index (χ4n) is 1.55. The first-order valence-electron chi connectivity index (χ1n) is 5.87. The molecule has 1 aromatic carbocycles. The van der Waals surface area contributed by atoms with E-state index in [2.05, 4.69) is 22.6 Å². The molecule has 102 valence electrons. The van der Waals surface area contributed by atoms with Crippen LogP contribution in [0.5, 0.6) is 5.75 Å². The van der Waals surface area contributed by atoms with Crippen LogP contribution < -0.4 is 4.74 Å². The molecule has 1 atom stereocenters. The highest BCUT2D eigenvalue weighted by molar-refractivity contribution is 14.1. The summed E-state index contributed by atoms with van der Waals surface area (Å²) in [4.78, 5) is 11.4. The summed E-state index contributed by atoms with van der Waals surface area (Å²) in [5, 5.41) is 0. The molecule has 6 heteroatoms. The maximum atomic E-state index is 11.4. The third-order valence-electron chi connectivity index (χ3n) is 2.21. The first-order valence-corrected chi connectivity index (χ1v) is 10.4. The first-order chi connectivity index (χ1) is 8.85. The molecule has 0 N–H and O–H groups in total. The van der Waals surface area contributed by atoms with E-state index in [0.29, 0.717) is 11.5 Å². The van der Waals surface area contributed by atoms with Gasteiger partial charge in [0.2, 0.25) is 8.32 Å². The van der Waals surface area contributed by atoms with Gasteiger partial charge in [0, 0.05) is 0 Å². The van der Waals surface area contributed by atoms with E-state index in [1.54, 1.807) is 0 Å². The number of ether oxygens (including phenoxy) is 2. The summed E-state index contributed by atoms with van der Waals surface area (Å²) in [5.74, 6) is 0.709. The van der Waals surface area contributed by atoms with Gasteiger partial charge >= 0.3 is 12.3 Å². The second-order valence-electron chi connectivity index (χ2n) is 5.08. The van der Waals surface area contributed by atoms with Gasteiger partial charge in [0.25, 0.3) is 0 Å². The number of benzene rings is 1. The third kappa shape index (κ3) is 3.97. The molecule has 0 amide bonds. The average Bonchev–Trinajstić information content (AvgIpc) is 2.60. The molecule has 0 bridgehead atoms. The second-order valence-corrected chi connectivity index (χ2v) is 10.7. The van der Waals surface area contributed by atoms with Crippen molar-refractivity contribution in [3.8, 4) is 5.75 Å². The summed E-state index contributed by atoms with van der Waals surface area (Å²) in [7, 11) is -1.81. The van der Waals surface area contributed by atoms with Crippen molar-refractivity contribution in [2.45, 2.75) is 25.9 Å². The summed E-state index contributed by atoms with van der Waals surface area (Å²) < 4.78 is 17.6. The molecule has 1 aliphatic rings. The second kappa shape index (κ2) is 5.54. The number of esters is 1. The molecule has 0 spiro atoms. The molecular weight excluding hydrogens is 375 g/mol. The Hall–Kier alpha value is -1.02. The van der Waals surface area contributed by atoms with Gasteiger partial charge in [-0.25, -0.2) is 4.79 Å². The van der Waals surface area contributed by atoms with E-state index < -0.39 is 20.6 Å². The number of rotatable bonds is 4. The van der Waals surface area contributed by atoms with Gasteiger partial charge in [0.1, 0.15) is 5.75 Å². The van der Waals surface area contributed by atoms with Crippen molar-refractivity contribution in [2.24, 2.45) is 0 Å². The zero-order valence-electron chi connectivity index (χ0n) is 11.0. The van der Waals surface area contributed by atoms with Crippen LogP contribution >= 0.6 is 22.6 Å². The smallest absolute Gasteiger partial charge is 0.337 e. The maximum Gasteiger partial charge on any atom is 0.337 e. The van der Waals surface area contributed by atoms with Crippen LogP contribution in [-0.2, 0) is 14.0 Å². The predicted molar refractivity (Wildman–Crippen MR) is 82.2 cm³/mol. The Morgan fingerprint density at radius 2 is 1.95 bits per heavy atom. The molecule has 1 aliphatic heterocycles. The minimum atomic E-state index is -1.81. The van der Waals surface area contributed by atoms with E-state index in [1.165, 1.54) is 6.08 Å². The molecule has 0 aromatic heterocycles. The fourth-order valence-corrected chi connectivity index (χ4v) is 2.93. The van der Waals surface area contributed by atoms with Gasteiger partial charge in [0.05, 0.1) is 9.65 Å². The SMILES string of the molecule is C[Si](C)(C)OC1=CC(=O)OC1Oc1ccccc1I. The van der Waals surface area contributed by atoms with E-state index in [4.69, 9.17) is 13.9 Å². The highest BCUT2D eigenvalue weighted by Gasteiger charge is 2.33. The molecule has 0 saturated carbocycles. The van der Waals surface area contributed by atoms with Crippen LogP contribution in [0.2, 0.25) is 19.6 Å². The van der Waals surface area contributed by atoms with Gasteiger partial charge in [-0.3, -0.25) is 0 Å². The average molecular weight is 390 g/mol. The Labute approximate surface area is 127 Å². The van der Waals surface area contributed by atoms with Crippen molar-refractivity contribution in [1.82, 2.24) is 0 Å². The minimum Gasteiger partial charge on any atom is -0.542 e. The molecule has 2 rings (SSSR count). The monoisotopic (exact) mass is 390 g/mol. The number of halogens is 1. The molecule has 4 nitrogen and oxygen atoms in total. The molecular formula is C13H15IO4Si. The molecule has 19 heavy (non-hydrogen) atoms. The highest BCUT2D eigenvalue weighted by atomic mass is 127. The lowest BCUT2D eigenvalue weighted by molar-refractivity contribution is -0.150. The molecule has 1 aromatic rings. The standard InChI is InChI=1S/C13H15IO4Si/c1-19(2,3)18-11-8-12(15)17-13(11)16-10-7-5-4-6-9(10)14/h4-8,13H,1-3H3. The van der Waals surface area contributed by atoms with Gasteiger partial charge in [0.15, 0.2) is 5.76 Å². The van der Waals surface area contributed by atoms with Gasteiger partial charge in [-0.2, -0.15) is 0 Å². The van der Waals surface area contributed by atoms with E-state index >= 15 is 0 Å². The van der Waals surface area contributed by atoms with Crippen molar-refractivity contribution >= 4 is 36.9 Å². The summed E-state index contributed by atoms with van der Waals surface area (Å²) in [6.45, 7) is 6.12. The van der Waals surface area contributed by atoms with Crippen molar-refractivity contribution in [1.29, 1.82) is 0 Å². The van der Waals surface area contributed by atoms with E-state index in [9.17, 15) is 4.79 Å². The Balaban J connectivity index is 2.14. The summed E-state index contributed by atoms with van der Waals surface area (Å²) in [6.07, 6.45) is 0.578. The quantitative estimate of drug-likeness (QED) is 0.450.